The quantitative estimate of drug-likeness (QED) is 0.359. The molecular weight excluding hydrogens is 542 g/mol. The SMILES string of the molecule is CCOC(=O)c1sc(Nc2nc(N(C)Cc3cccnc3)cc(N3CCN(C(=O)NC4CCCC4)CC3)n2)nc1C. The second-order valence-corrected chi connectivity index (χ2v) is 11.3. The fourth-order valence-electron chi connectivity index (χ4n) is 5.09. The number of thiazole rings is 1. The molecule has 3 aromatic rings. The van der Waals surface area contributed by atoms with Crippen molar-refractivity contribution < 1.29 is 14.3 Å². The Morgan fingerprint density at radius 2 is 1.93 bits per heavy atom. The number of nitrogens with one attached hydrogen (secondary N) is 2. The molecule has 1 saturated carbocycles. The number of rotatable bonds is 9. The van der Waals surface area contributed by atoms with Gasteiger partial charge in [-0.3, -0.25) is 10.3 Å². The summed E-state index contributed by atoms with van der Waals surface area (Å²) in [6, 6.07) is 6.22. The van der Waals surface area contributed by atoms with Crippen molar-refractivity contribution in [2.24, 2.45) is 0 Å². The lowest BCUT2D eigenvalue weighted by molar-refractivity contribution is 0.0531. The molecule has 4 heterocycles. The third kappa shape index (κ3) is 7.20. The largest absolute Gasteiger partial charge is 0.462 e. The van der Waals surface area contributed by atoms with Crippen LogP contribution in [0.15, 0.2) is 30.6 Å². The second kappa shape index (κ2) is 13.1. The summed E-state index contributed by atoms with van der Waals surface area (Å²) in [6.07, 6.45) is 8.09. The summed E-state index contributed by atoms with van der Waals surface area (Å²) in [6.45, 7) is 7.00. The molecule has 13 heteroatoms. The molecule has 0 aromatic carbocycles. The Labute approximate surface area is 244 Å². The number of aromatic nitrogens is 4. The van der Waals surface area contributed by atoms with E-state index >= 15 is 0 Å². The average molecular weight is 580 g/mol. The van der Waals surface area contributed by atoms with Gasteiger partial charge in [0.05, 0.1) is 12.3 Å². The standard InChI is InChI=1S/C28H37N9O3S/c1-4-40-25(38)24-19(2)30-27(41-24)34-26-32-22(35(3)18-20-8-7-11-29-17-20)16-23(33-26)36-12-14-37(15-13-36)28(39)31-21-9-5-6-10-21/h7-8,11,16-17,21H,4-6,9-10,12-15,18H2,1-3H3,(H,31,39)(H,30,32,33,34). The second-order valence-electron chi connectivity index (χ2n) is 10.3. The summed E-state index contributed by atoms with van der Waals surface area (Å²) >= 11 is 1.21. The number of hydrogen-bond acceptors (Lipinski definition) is 11. The molecule has 1 aliphatic heterocycles. The third-order valence-electron chi connectivity index (χ3n) is 7.28. The van der Waals surface area contributed by atoms with E-state index in [1.165, 1.54) is 24.2 Å². The number of pyridine rings is 1. The summed E-state index contributed by atoms with van der Waals surface area (Å²) < 4.78 is 5.16. The lowest BCUT2D eigenvalue weighted by Crippen LogP contribution is -2.53. The van der Waals surface area contributed by atoms with Crippen molar-refractivity contribution >= 4 is 46.1 Å². The van der Waals surface area contributed by atoms with Crippen LogP contribution in [-0.2, 0) is 11.3 Å². The van der Waals surface area contributed by atoms with Crippen LogP contribution in [0.25, 0.3) is 0 Å². The Morgan fingerprint density at radius 1 is 1.15 bits per heavy atom. The van der Waals surface area contributed by atoms with Crippen LogP contribution in [0, 0.1) is 6.92 Å². The van der Waals surface area contributed by atoms with E-state index in [2.05, 4.69) is 25.5 Å². The topological polar surface area (TPSA) is 129 Å². The van der Waals surface area contributed by atoms with Gasteiger partial charge in [0.1, 0.15) is 16.5 Å². The smallest absolute Gasteiger partial charge is 0.350 e. The average Bonchev–Trinajstić information content (AvgIpc) is 3.62. The van der Waals surface area contributed by atoms with Crippen LogP contribution in [-0.4, -0.2) is 82.7 Å². The maximum absolute atomic E-state index is 12.8. The van der Waals surface area contributed by atoms with Crippen molar-refractivity contribution in [2.45, 2.75) is 52.1 Å². The number of aryl methyl sites for hydroxylation is 1. The Morgan fingerprint density at radius 3 is 2.63 bits per heavy atom. The molecule has 2 aliphatic rings. The fourth-order valence-corrected chi connectivity index (χ4v) is 5.94. The van der Waals surface area contributed by atoms with Crippen LogP contribution >= 0.6 is 11.3 Å². The zero-order valence-corrected chi connectivity index (χ0v) is 24.6. The van der Waals surface area contributed by atoms with Crippen molar-refractivity contribution in [2.75, 3.05) is 55.0 Å². The Hall–Kier alpha value is -4.00. The van der Waals surface area contributed by atoms with Gasteiger partial charge in [0.2, 0.25) is 5.95 Å². The number of piperazine rings is 1. The lowest BCUT2D eigenvalue weighted by atomic mass is 10.2. The highest BCUT2D eigenvalue weighted by atomic mass is 32.1. The molecule has 1 aliphatic carbocycles. The molecule has 0 unspecified atom stereocenters. The number of anilines is 4. The molecule has 2 N–H and O–H groups in total. The first-order valence-electron chi connectivity index (χ1n) is 14.1. The number of nitrogens with zero attached hydrogens (tertiary/aromatic N) is 7. The van der Waals surface area contributed by atoms with E-state index in [-0.39, 0.29) is 6.03 Å². The number of carbonyl (C=O) groups is 2. The van der Waals surface area contributed by atoms with Crippen molar-refractivity contribution in [1.82, 2.24) is 30.2 Å². The van der Waals surface area contributed by atoms with Gasteiger partial charge >= 0.3 is 12.0 Å². The number of amides is 2. The van der Waals surface area contributed by atoms with Crippen molar-refractivity contribution in [3.63, 3.8) is 0 Å². The van der Waals surface area contributed by atoms with Gasteiger partial charge in [0.25, 0.3) is 0 Å². The molecule has 2 fully saturated rings. The Kier molecular flexibility index (Phi) is 9.12. The van der Waals surface area contributed by atoms with E-state index < -0.39 is 5.97 Å². The molecule has 218 valence electrons. The van der Waals surface area contributed by atoms with Crippen molar-refractivity contribution in [3.05, 3.63) is 46.7 Å². The molecule has 12 nitrogen and oxygen atoms in total. The Bertz CT molecular complexity index is 1340. The highest BCUT2D eigenvalue weighted by Gasteiger charge is 2.26. The van der Waals surface area contributed by atoms with Gasteiger partial charge in [0.15, 0.2) is 5.13 Å². The van der Waals surface area contributed by atoms with Crippen LogP contribution in [0.1, 0.15) is 53.5 Å². The van der Waals surface area contributed by atoms with Crippen LogP contribution in [0.2, 0.25) is 0 Å². The van der Waals surface area contributed by atoms with Gasteiger partial charge in [-0.25, -0.2) is 14.6 Å². The molecular formula is C28H37N9O3S. The minimum absolute atomic E-state index is 0.0232. The van der Waals surface area contributed by atoms with E-state index in [1.807, 2.05) is 41.2 Å². The minimum atomic E-state index is -0.392. The first-order chi connectivity index (χ1) is 19.9. The summed E-state index contributed by atoms with van der Waals surface area (Å²) in [7, 11) is 1.97. The van der Waals surface area contributed by atoms with Crippen LogP contribution < -0.4 is 20.4 Å². The molecule has 1 saturated heterocycles. The zero-order valence-electron chi connectivity index (χ0n) is 23.8. The van der Waals surface area contributed by atoms with E-state index in [0.717, 1.165) is 30.0 Å². The highest BCUT2D eigenvalue weighted by Crippen LogP contribution is 2.28. The minimum Gasteiger partial charge on any atom is -0.462 e. The van der Waals surface area contributed by atoms with Crippen LogP contribution in [0.4, 0.5) is 27.5 Å². The molecule has 5 rings (SSSR count). The van der Waals surface area contributed by atoms with Gasteiger partial charge in [0, 0.05) is 64.3 Å². The van der Waals surface area contributed by atoms with Gasteiger partial charge in [-0.2, -0.15) is 9.97 Å². The number of esters is 1. The fraction of sp³-hybridized carbons (Fsp3) is 0.500. The van der Waals surface area contributed by atoms with Crippen LogP contribution in [0.3, 0.4) is 0 Å². The zero-order chi connectivity index (χ0) is 28.8. The molecule has 0 spiro atoms. The predicted molar refractivity (Wildman–Crippen MR) is 159 cm³/mol. The normalized spacial score (nSPS) is 15.6. The molecule has 2 amide bonds. The first-order valence-corrected chi connectivity index (χ1v) is 14.9. The van der Waals surface area contributed by atoms with Crippen molar-refractivity contribution in [3.8, 4) is 0 Å². The summed E-state index contributed by atoms with van der Waals surface area (Å²) in [5.74, 6) is 1.46. The van der Waals surface area contributed by atoms with Gasteiger partial charge < -0.3 is 24.8 Å². The monoisotopic (exact) mass is 579 g/mol. The maximum atomic E-state index is 12.8. The van der Waals surface area contributed by atoms with E-state index in [4.69, 9.17) is 14.7 Å². The number of hydrogen-bond donors (Lipinski definition) is 2. The van der Waals surface area contributed by atoms with Crippen molar-refractivity contribution in [1.29, 1.82) is 0 Å². The molecule has 0 bridgehead atoms. The molecule has 0 atom stereocenters. The number of carbonyl (C=O) groups excluding carboxylic acids is 2. The van der Waals surface area contributed by atoms with Crippen LogP contribution in [0.5, 0.6) is 0 Å². The lowest BCUT2D eigenvalue weighted by Gasteiger charge is -2.36. The summed E-state index contributed by atoms with van der Waals surface area (Å²) in [5.41, 5.74) is 1.65. The van der Waals surface area contributed by atoms with E-state index in [0.29, 0.717) is 67.0 Å². The van der Waals surface area contributed by atoms with E-state index in [9.17, 15) is 9.59 Å². The summed E-state index contributed by atoms with van der Waals surface area (Å²) in [4.78, 5) is 50.0. The molecule has 3 aromatic heterocycles. The third-order valence-corrected chi connectivity index (χ3v) is 8.34. The first kappa shape index (κ1) is 28.5. The van der Waals surface area contributed by atoms with Gasteiger partial charge in [-0.1, -0.05) is 30.2 Å². The van der Waals surface area contributed by atoms with Gasteiger partial charge in [-0.15, -0.1) is 0 Å². The highest BCUT2D eigenvalue weighted by molar-refractivity contribution is 7.17. The van der Waals surface area contributed by atoms with Gasteiger partial charge in [-0.05, 0) is 38.3 Å². The molecule has 41 heavy (non-hydrogen) atoms. The molecule has 0 radical (unpaired) electrons. The summed E-state index contributed by atoms with van der Waals surface area (Å²) in [5, 5.41) is 6.91. The maximum Gasteiger partial charge on any atom is 0.350 e. The predicted octanol–water partition coefficient (Wildman–Crippen LogP) is 3.97. The Balaban J connectivity index is 1.34. The number of urea groups is 1. The van der Waals surface area contributed by atoms with E-state index in [1.54, 1.807) is 20.0 Å². The number of ether oxygens (including phenoxy) is 1.